The first-order valence-corrected chi connectivity index (χ1v) is 4.58. The Kier molecular flexibility index (Phi) is 2.51. The van der Waals surface area contributed by atoms with E-state index >= 15 is 0 Å². The summed E-state index contributed by atoms with van der Waals surface area (Å²) in [4.78, 5) is 14.3. The lowest BCUT2D eigenvalue weighted by molar-refractivity contribution is -0.384. The number of hydrogen-bond acceptors (Lipinski definition) is 4. The van der Waals surface area contributed by atoms with E-state index in [0.717, 1.165) is 0 Å². The molecule has 0 spiro atoms. The number of phenols is 1. The lowest BCUT2D eigenvalue weighted by Gasteiger charge is -2.04. The molecule has 0 saturated carbocycles. The molecule has 1 N–H and O–H groups in total. The van der Waals surface area contributed by atoms with E-state index in [1.54, 1.807) is 18.2 Å². The monoisotopic (exact) mass is 216 g/mol. The maximum Gasteiger partial charge on any atom is 0.282 e. The summed E-state index contributed by atoms with van der Waals surface area (Å²) in [6.07, 6.45) is 1.52. The third kappa shape index (κ3) is 1.70. The molecule has 0 aliphatic rings. The van der Waals surface area contributed by atoms with Crippen LogP contribution < -0.4 is 0 Å². The van der Waals surface area contributed by atoms with E-state index in [0.29, 0.717) is 5.69 Å². The van der Waals surface area contributed by atoms with Gasteiger partial charge in [-0.1, -0.05) is 12.1 Å². The van der Waals surface area contributed by atoms with Crippen molar-refractivity contribution in [3.63, 3.8) is 0 Å². The van der Waals surface area contributed by atoms with Gasteiger partial charge >= 0.3 is 0 Å². The third-order valence-electron chi connectivity index (χ3n) is 2.14. The van der Waals surface area contributed by atoms with Gasteiger partial charge in [-0.2, -0.15) is 0 Å². The van der Waals surface area contributed by atoms with E-state index in [4.69, 9.17) is 0 Å². The second kappa shape index (κ2) is 3.98. The highest BCUT2D eigenvalue weighted by molar-refractivity contribution is 5.76. The van der Waals surface area contributed by atoms with Crippen LogP contribution in [-0.4, -0.2) is 15.0 Å². The molecule has 0 atom stereocenters. The summed E-state index contributed by atoms with van der Waals surface area (Å²) in [5.41, 5.74) is 0.374. The van der Waals surface area contributed by atoms with Crippen LogP contribution in [-0.2, 0) is 0 Å². The summed E-state index contributed by atoms with van der Waals surface area (Å²) in [7, 11) is 0. The first-order valence-electron chi connectivity index (χ1n) is 4.58. The predicted molar refractivity (Wildman–Crippen MR) is 58.0 cm³/mol. The van der Waals surface area contributed by atoms with Gasteiger partial charge in [0.25, 0.3) is 5.69 Å². The Balaban J connectivity index is 2.68. The number of aromatic hydroxyl groups is 1. The number of nitro benzene ring substituents is 1. The quantitative estimate of drug-likeness (QED) is 0.617. The number of nitro groups is 1. The molecular weight excluding hydrogens is 208 g/mol. The van der Waals surface area contributed by atoms with Crippen LogP contribution in [0.15, 0.2) is 42.6 Å². The average molecular weight is 216 g/mol. The molecule has 0 saturated heterocycles. The lowest BCUT2D eigenvalue weighted by atomic mass is 10.1. The van der Waals surface area contributed by atoms with Crippen molar-refractivity contribution in [3.8, 4) is 17.0 Å². The molecule has 2 rings (SSSR count). The van der Waals surface area contributed by atoms with E-state index in [1.165, 1.54) is 24.4 Å². The molecule has 1 heterocycles. The summed E-state index contributed by atoms with van der Waals surface area (Å²) in [6, 6.07) is 9.19. The zero-order valence-electron chi connectivity index (χ0n) is 8.20. The normalized spacial score (nSPS) is 10.0. The number of nitrogens with zero attached hydrogens (tertiary/aromatic N) is 2. The van der Waals surface area contributed by atoms with Gasteiger partial charge in [0.05, 0.1) is 10.6 Å². The van der Waals surface area contributed by atoms with Gasteiger partial charge in [-0.25, -0.2) is 0 Å². The molecule has 0 bridgehead atoms. The summed E-state index contributed by atoms with van der Waals surface area (Å²) in [5, 5.41) is 20.5. The Morgan fingerprint density at radius 2 is 2.00 bits per heavy atom. The molecule has 1 aromatic heterocycles. The van der Waals surface area contributed by atoms with Crippen LogP contribution in [0.1, 0.15) is 0 Å². The van der Waals surface area contributed by atoms with Gasteiger partial charge in [0.2, 0.25) is 0 Å². The minimum absolute atomic E-state index is 0.145. The molecule has 0 fully saturated rings. The van der Waals surface area contributed by atoms with E-state index < -0.39 is 4.92 Å². The topological polar surface area (TPSA) is 76.3 Å². The van der Waals surface area contributed by atoms with Gasteiger partial charge in [-0.3, -0.25) is 15.1 Å². The van der Waals surface area contributed by atoms with Crippen molar-refractivity contribution in [2.24, 2.45) is 0 Å². The fourth-order valence-electron chi connectivity index (χ4n) is 1.45. The molecule has 5 nitrogen and oxygen atoms in total. The summed E-state index contributed by atoms with van der Waals surface area (Å²) in [6.45, 7) is 0. The number of pyridine rings is 1. The molecule has 16 heavy (non-hydrogen) atoms. The highest BCUT2D eigenvalue weighted by Gasteiger charge is 2.19. The van der Waals surface area contributed by atoms with Gasteiger partial charge in [0, 0.05) is 12.3 Å². The van der Waals surface area contributed by atoms with E-state index in [2.05, 4.69) is 4.98 Å². The zero-order valence-corrected chi connectivity index (χ0v) is 8.20. The maximum atomic E-state index is 10.8. The van der Waals surface area contributed by atoms with Crippen molar-refractivity contribution in [3.05, 3.63) is 52.7 Å². The maximum absolute atomic E-state index is 10.8. The Hall–Kier alpha value is -2.43. The number of rotatable bonds is 2. The second-order valence-corrected chi connectivity index (χ2v) is 3.14. The molecule has 0 radical (unpaired) electrons. The Morgan fingerprint density at radius 3 is 2.62 bits per heavy atom. The van der Waals surface area contributed by atoms with Crippen molar-refractivity contribution in [2.45, 2.75) is 0 Å². The highest BCUT2D eigenvalue weighted by atomic mass is 16.6. The van der Waals surface area contributed by atoms with Crippen molar-refractivity contribution in [1.82, 2.24) is 4.98 Å². The third-order valence-corrected chi connectivity index (χ3v) is 2.14. The SMILES string of the molecule is O=[N+]([O-])c1cccc(O)c1-c1ccccn1. The fourth-order valence-corrected chi connectivity index (χ4v) is 1.45. The standard InChI is InChI=1S/C11H8N2O3/c14-10-6-3-5-9(13(15)16)11(10)8-4-1-2-7-12-8/h1-7,14H. The minimum atomic E-state index is -0.538. The number of phenolic OH excluding ortho intramolecular Hbond substituents is 1. The lowest BCUT2D eigenvalue weighted by Crippen LogP contribution is -1.93. The molecule has 0 amide bonds. The largest absolute Gasteiger partial charge is 0.507 e. The summed E-state index contributed by atoms with van der Waals surface area (Å²) in [5.74, 6) is -0.145. The molecule has 0 aliphatic heterocycles. The molecule has 80 valence electrons. The van der Waals surface area contributed by atoms with Crippen LogP contribution in [0.3, 0.4) is 0 Å². The van der Waals surface area contributed by atoms with E-state index in [1.807, 2.05) is 0 Å². The summed E-state index contributed by atoms with van der Waals surface area (Å²) >= 11 is 0. The summed E-state index contributed by atoms with van der Waals surface area (Å²) < 4.78 is 0. The predicted octanol–water partition coefficient (Wildman–Crippen LogP) is 2.36. The Labute approximate surface area is 91.2 Å². The van der Waals surface area contributed by atoms with Crippen molar-refractivity contribution in [1.29, 1.82) is 0 Å². The molecule has 2 aromatic rings. The average Bonchev–Trinajstić information content (AvgIpc) is 2.29. The van der Waals surface area contributed by atoms with E-state index in [-0.39, 0.29) is 17.0 Å². The Morgan fingerprint density at radius 1 is 1.19 bits per heavy atom. The van der Waals surface area contributed by atoms with Crippen molar-refractivity contribution < 1.29 is 10.0 Å². The van der Waals surface area contributed by atoms with Gasteiger partial charge in [-0.05, 0) is 18.2 Å². The van der Waals surface area contributed by atoms with Crippen molar-refractivity contribution in [2.75, 3.05) is 0 Å². The Bertz CT molecular complexity index is 526. The van der Waals surface area contributed by atoms with Gasteiger partial charge in [-0.15, -0.1) is 0 Å². The first-order chi connectivity index (χ1) is 7.70. The van der Waals surface area contributed by atoms with E-state index in [9.17, 15) is 15.2 Å². The van der Waals surface area contributed by atoms with Gasteiger partial charge in [0.1, 0.15) is 11.3 Å². The number of hydrogen-bond donors (Lipinski definition) is 1. The van der Waals surface area contributed by atoms with Gasteiger partial charge < -0.3 is 5.11 Å². The van der Waals surface area contributed by atoms with Crippen LogP contribution >= 0.6 is 0 Å². The van der Waals surface area contributed by atoms with Crippen LogP contribution in [0.25, 0.3) is 11.3 Å². The fraction of sp³-hybridized carbons (Fsp3) is 0. The van der Waals surface area contributed by atoms with Gasteiger partial charge in [0.15, 0.2) is 0 Å². The molecule has 0 unspecified atom stereocenters. The number of benzene rings is 1. The van der Waals surface area contributed by atoms with Crippen LogP contribution in [0.2, 0.25) is 0 Å². The number of aromatic nitrogens is 1. The second-order valence-electron chi connectivity index (χ2n) is 3.14. The smallest absolute Gasteiger partial charge is 0.282 e. The van der Waals surface area contributed by atoms with Crippen LogP contribution in [0, 0.1) is 10.1 Å². The van der Waals surface area contributed by atoms with Crippen LogP contribution in [0.4, 0.5) is 5.69 Å². The first kappa shape index (κ1) is 10.1. The molecule has 1 aromatic carbocycles. The molecular formula is C11H8N2O3. The zero-order chi connectivity index (χ0) is 11.5. The van der Waals surface area contributed by atoms with Crippen molar-refractivity contribution >= 4 is 5.69 Å². The minimum Gasteiger partial charge on any atom is -0.507 e. The highest BCUT2D eigenvalue weighted by Crippen LogP contribution is 2.35. The molecule has 5 heteroatoms. The van der Waals surface area contributed by atoms with Crippen LogP contribution in [0.5, 0.6) is 5.75 Å². The molecule has 0 aliphatic carbocycles.